The molecule has 0 aliphatic rings. The van der Waals surface area contributed by atoms with E-state index in [4.69, 9.17) is 15.1 Å². The Hall–Kier alpha value is -5.51. The van der Waals surface area contributed by atoms with Crippen molar-refractivity contribution in [1.29, 1.82) is 0 Å². The lowest BCUT2D eigenvalue weighted by atomic mass is 10.1. The summed E-state index contributed by atoms with van der Waals surface area (Å²) in [5.41, 5.74) is 11.7. The molecular weight excluding hydrogens is 492 g/mol. The van der Waals surface area contributed by atoms with E-state index in [1.54, 1.807) is 12.4 Å². The quantitative estimate of drug-likeness (QED) is 0.325. The van der Waals surface area contributed by atoms with Crippen LogP contribution in [0.4, 0.5) is 5.82 Å². The number of benzene rings is 1. The number of nitrogens with one attached hydrogen (secondary N) is 1. The van der Waals surface area contributed by atoms with Gasteiger partial charge in [0.15, 0.2) is 17.2 Å². The molecule has 10 heteroatoms. The number of anilines is 1. The van der Waals surface area contributed by atoms with Crippen molar-refractivity contribution in [2.75, 3.05) is 5.73 Å². The highest BCUT2D eigenvalue weighted by molar-refractivity contribution is 5.98. The van der Waals surface area contributed by atoms with E-state index < -0.39 is 5.91 Å². The van der Waals surface area contributed by atoms with E-state index in [0.29, 0.717) is 22.6 Å². The molecule has 0 bridgehead atoms. The number of aryl methyl sites for hydroxylation is 1. The van der Waals surface area contributed by atoms with Crippen molar-refractivity contribution in [2.24, 2.45) is 0 Å². The first-order chi connectivity index (χ1) is 19.1. The smallest absolute Gasteiger partial charge is 0.274 e. The Morgan fingerprint density at radius 1 is 0.872 bits per heavy atom. The third-order valence-electron chi connectivity index (χ3n) is 6.14. The van der Waals surface area contributed by atoms with Crippen molar-refractivity contribution in [1.82, 2.24) is 35.2 Å². The molecule has 5 heterocycles. The third-order valence-corrected chi connectivity index (χ3v) is 6.14. The van der Waals surface area contributed by atoms with Gasteiger partial charge in [0.2, 0.25) is 5.89 Å². The molecule has 0 radical (unpaired) electrons. The number of oxazole rings is 1. The van der Waals surface area contributed by atoms with Gasteiger partial charge in [-0.15, -0.1) is 0 Å². The van der Waals surface area contributed by atoms with Gasteiger partial charge in [-0.2, -0.15) is 0 Å². The standard InChI is InChI=1S/C29H22N8O2/c1-17-7-9-20(35-23(17)22-6-2-3-11-32-22)16-34-28(38)26-27(30)37-25(29-33-13-14-39-29)24(36-26)19-8-10-21-18(15-19)5-4-12-31-21/h2-15H,16H2,1H3,(H2,30,37)(H,34,38). The molecule has 0 atom stereocenters. The minimum atomic E-state index is -0.482. The van der Waals surface area contributed by atoms with E-state index in [9.17, 15) is 4.79 Å². The number of aromatic nitrogens is 6. The van der Waals surface area contributed by atoms with Crippen LogP contribution in [0.15, 0.2) is 89.9 Å². The summed E-state index contributed by atoms with van der Waals surface area (Å²) >= 11 is 0. The summed E-state index contributed by atoms with van der Waals surface area (Å²) in [4.78, 5) is 40.1. The first-order valence-corrected chi connectivity index (χ1v) is 12.2. The number of carbonyl (C=O) groups is 1. The molecule has 0 saturated heterocycles. The SMILES string of the molecule is Cc1ccc(CNC(=O)c2nc(-c3ccc4ncccc4c3)c(-c3ncco3)nc2N)nc1-c1ccccn1. The van der Waals surface area contributed by atoms with Crippen molar-refractivity contribution in [3.63, 3.8) is 0 Å². The van der Waals surface area contributed by atoms with Gasteiger partial charge in [-0.05, 0) is 48.9 Å². The second-order valence-electron chi connectivity index (χ2n) is 8.77. The van der Waals surface area contributed by atoms with Crippen LogP contribution >= 0.6 is 0 Å². The molecule has 3 N–H and O–H groups in total. The van der Waals surface area contributed by atoms with Crippen molar-refractivity contribution in [3.05, 3.63) is 102 Å². The van der Waals surface area contributed by atoms with E-state index in [1.165, 1.54) is 12.5 Å². The number of nitrogens with two attached hydrogens (primary N) is 1. The number of fused-ring (bicyclic) bond motifs is 1. The van der Waals surface area contributed by atoms with Gasteiger partial charge in [0.1, 0.15) is 12.0 Å². The Morgan fingerprint density at radius 3 is 2.59 bits per heavy atom. The number of hydrogen-bond donors (Lipinski definition) is 2. The van der Waals surface area contributed by atoms with Crippen molar-refractivity contribution < 1.29 is 9.21 Å². The van der Waals surface area contributed by atoms with E-state index in [1.807, 2.05) is 67.6 Å². The summed E-state index contributed by atoms with van der Waals surface area (Å²) < 4.78 is 5.49. The molecule has 39 heavy (non-hydrogen) atoms. The maximum Gasteiger partial charge on any atom is 0.274 e. The second kappa shape index (κ2) is 10.1. The van der Waals surface area contributed by atoms with Crippen molar-refractivity contribution in [2.45, 2.75) is 13.5 Å². The van der Waals surface area contributed by atoms with Crippen LogP contribution in [0, 0.1) is 6.92 Å². The highest BCUT2D eigenvalue weighted by Crippen LogP contribution is 2.31. The van der Waals surface area contributed by atoms with Crippen LogP contribution in [-0.4, -0.2) is 35.8 Å². The zero-order chi connectivity index (χ0) is 26.8. The van der Waals surface area contributed by atoms with Crippen LogP contribution in [0.5, 0.6) is 0 Å². The number of carbonyl (C=O) groups excluding carboxylic acids is 1. The maximum atomic E-state index is 13.3. The van der Waals surface area contributed by atoms with E-state index in [-0.39, 0.29) is 23.9 Å². The van der Waals surface area contributed by atoms with Gasteiger partial charge in [0.25, 0.3) is 5.91 Å². The van der Waals surface area contributed by atoms with Gasteiger partial charge in [0, 0.05) is 23.3 Å². The first-order valence-electron chi connectivity index (χ1n) is 12.2. The lowest BCUT2D eigenvalue weighted by molar-refractivity contribution is 0.0946. The lowest BCUT2D eigenvalue weighted by Crippen LogP contribution is -2.26. The highest BCUT2D eigenvalue weighted by atomic mass is 16.3. The molecule has 0 unspecified atom stereocenters. The molecule has 0 aliphatic carbocycles. The highest BCUT2D eigenvalue weighted by Gasteiger charge is 2.22. The monoisotopic (exact) mass is 514 g/mol. The van der Waals surface area contributed by atoms with Gasteiger partial charge in [-0.1, -0.05) is 24.3 Å². The number of hydrogen-bond acceptors (Lipinski definition) is 9. The average Bonchev–Trinajstić information content (AvgIpc) is 3.52. The van der Waals surface area contributed by atoms with Crippen LogP contribution in [-0.2, 0) is 6.54 Å². The number of pyridine rings is 3. The van der Waals surface area contributed by atoms with Crippen LogP contribution in [0.1, 0.15) is 21.7 Å². The van der Waals surface area contributed by atoms with Crippen molar-refractivity contribution >= 4 is 22.6 Å². The van der Waals surface area contributed by atoms with Gasteiger partial charge < -0.3 is 15.5 Å². The zero-order valence-electron chi connectivity index (χ0n) is 20.9. The number of nitrogens with zero attached hydrogens (tertiary/aromatic N) is 6. The molecular formula is C29H22N8O2. The molecule has 6 aromatic rings. The number of nitrogen functional groups attached to an aromatic ring is 1. The van der Waals surface area contributed by atoms with Gasteiger partial charge >= 0.3 is 0 Å². The molecule has 0 fully saturated rings. The summed E-state index contributed by atoms with van der Waals surface area (Å²) in [6, 6.07) is 18.9. The molecule has 1 aromatic carbocycles. The van der Waals surface area contributed by atoms with E-state index in [0.717, 1.165) is 27.9 Å². The Labute approximate surface area is 223 Å². The number of rotatable bonds is 6. The molecule has 0 spiro atoms. The van der Waals surface area contributed by atoms with Crippen LogP contribution in [0.3, 0.4) is 0 Å². The summed E-state index contributed by atoms with van der Waals surface area (Å²) in [5, 5.41) is 3.77. The molecule has 0 aliphatic heterocycles. The fourth-order valence-corrected chi connectivity index (χ4v) is 4.21. The lowest BCUT2D eigenvalue weighted by Gasteiger charge is -2.12. The van der Waals surface area contributed by atoms with E-state index in [2.05, 4.69) is 30.2 Å². The summed E-state index contributed by atoms with van der Waals surface area (Å²) in [7, 11) is 0. The Balaban J connectivity index is 1.33. The average molecular weight is 515 g/mol. The summed E-state index contributed by atoms with van der Waals surface area (Å²) in [5.74, 6) is -0.282. The van der Waals surface area contributed by atoms with Gasteiger partial charge in [-0.25, -0.2) is 19.9 Å². The Bertz CT molecular complexity index is 1800. The van der Waals surface area contributed by atoms with E-state index >= 15 is 0 Å². The summed E-state index contributed by atoms with van der Waals surface area (Å²) in [6.07, 6.45) is 6.40. The predicted octanol–water partition coefficient (Wildman–Crippen LogP) is 4.62. The molecule has 6 rings (SSSR count). The van der Waals surface area contributed by atoms with Crippen LogP contribution < -0.4 is 11.1 Å². The van der Waals surface area contributed by atoms with Gasteiger partial charge in [0.05, 0.1) is 35.3 Å². The Kier molecular flexibility index (Phi) is 6.18. The molecule has 1 amide bonds. The molecule has 5 aromatic heterocycles. The molecule has 10 nitrogen and oxygen atoms in total. The van der Waals surface area contributed by atoms with Crippen LogP contribution in [0.2, 0.25) is 0 Å². The predicted molar refractivity (Wildman–Crippen MR) is 146 cm³/mol. The van der Waals surface area contributed by atoms with Crippen molar-refractivity contribution in [3.8, 4) is 34.2 Å². The third kappa shape index (κ3) is 4.78. The fraction of sp³-hybridized carbons (Fsp3) is 0.0690. The number of amides is 1. The normalized spacial score (nSPS) is 11.0. The Morgan fingerprint density at radius 2 is 1.77 bits per heavy atom. The minimum absolute atomic E-state index is 0.0105. The largest absolute Gasteiger partial charge is 0.443 e. The molecule has 0 saturated carbocycles. The van der Waals surface area contributed by atoms with Gasteiger partial charge in [-0.3, -0.25) is 14.8 Å². The van der Waals surface area contributed by atoms with Crippen LogP contribution in [0.25, 0.3) is 45.1 Å². The zero-order valence-corrected chi connectivity index (χ0v) is 20.9. The second-order valence-corrected chi connectivity index (χ2v) is 8.77. The maximum absolute atomic E-state index is 13.3. The molecule has 190 valence electrons. The topological polar surface area (TPSA) is 146 Å². The fourth-order valence-electron chi connectivity index (χ4n) is 4.21. The summed E-state index contributed by atoms with van der Waals surface area (Å²) in [6.45, 7) is 2.13. The minimum Gasteiger partial charge on any atom is -0.443 e. The first kappa shape index (κ1) is 23.9.